The fraction of sp³-hybridized carbons (Fsp3) is 0.381. The van der Waals surface area contributed by atoms with Crippen molar-refractivity contribution in [1.82, 2.24) is 10.3 Å². The van der Waals surface area contributed by atoms with E-state index < -0.39 is 5.54 Å². The van der Waals surface area contributed by atoms with Crippen molar-refractivity contribution in [3.8, 4) is 5.75 Å². The van der Waals surface area contributed by atoms with Crippen LogP contribution in [0, 0.1) is 5.92 Å². The lowest BCUT2D eigenvalue weighted by atomic mass is 9.67. The Morgan fingerprint density at radius 2 is 2.21 bits per heavy atom. The summed E-state index contributed by atoms with van der Waals surface area (Å²) in [5.74, 6) is 1.71. The molecule has 0 bridgehead atoms. The Bertz CT molecular complexity index is 986. The highest BCUT2D eigenvalue weighted by Crippen LogP contribution is 2.54. The zero-order valence-corrected chi connectivity index (χ0v) is 18.1. The molecule has 2 aliphatic heterocycles. The Morgan fingerprint density at radius 3 is 2.97 bits per heavy atom. The van der Waals surface area contributed by atoms with Crippen LogP contribution in [0.1, 0.15) is 35.3 Å². The van der Waals surface area contributed by atoms with Crippen molar-refractivity contribution in [3.63, 3.8) is 0 Å². The second-order valence-corrected chi connectivity index (χ2v) is 9.68. The Morgan fingerprint density at radius 1 is 1.31 bits per heavy atom. The monoisotopic (exact) mass is 472 g/mol. The third-order valence-corrected chi connectivity index (χ3v) is 7.53. The van der Waals surface area contributed by atoms with E-state index in [1.165, 1.54) is 0 Å². The number of nitrogens with two attached hydrogens (primary N) is 1. The number of nitrogens with zero attached hydrogens (tertiary/aromatic N) is 2. The SMILES string of the molecule is NC1=NC2(CS1)c1cc(Br)ccc1O[C@H]1CCC(NC(=O)c3ccccn3)C[C@@H]12. The van der Waals surface area contributed by atoms with Gasteiger partial charge in [0.05, 0.1) is 0 Å². The molecule has 3 aliphatic rings. The number of nitrogens with one attached hydrogen (secondary N) is 1. The number of benzene rings is 1. The van der Waals surface area contributed by atoms with Crippen LogP contribution in [0.5, 0.6) is 5.75 Å². The molecule has 0 radical (unpaired) electrons. The molecular formula is C21H21BrN4O2S. The van der Waals surface area contributed by atoms with Gasteiger partial charge in [-0.2, -0.15) is 0 Å². The second kappa shape index (κ2) is 7.32. The summed E-state index contributed by atoms with van der Waals surface area (Å²) in [5, 5.41) is 3.79. The van der Waals surface area contributed by atoms with E-state index in [0.29, 0.717) is 10.9 Å². The summed E-state index contributed by atoms with van der Waals surface area (Å²) in [4.78, 5) is 21.7. The fourth-order valence-corrected chi connectivity index (χ4v) is 6.14. The molecule has 1 aromatic carbocycles. The molecule has 2 unspecified atom stereocenters. The highest BCUT2D eigenvalue weighted by atomic mass is 79.9. The minimum absolute atomic E-state index is 0.0574. The van der Waals surface area contributed by atoms with Crippen molar-refractivity contribution in [2.24, 2.45) is 16.6 Å². The molecule has 29 heavy (non-hydrogen) atoms. The number of pyridine rings is 1. The summed E-state index contributed by atoms with van der Waals surface area (Å²) in [7, 11) is 0. The van der Waals surface area contributed by atoms with Crippen molar-refractivity contribution in [2.75, 3.05) is 5.75 Å². The molecule has 6 nitrogen and oxygen atoms in total. The van der Waals surface area contributed by atoms with Gasteiger partial charge in [0.1, 0.15) is 23.1 Å². The summed E-state index contributed by atoms with van der Waals surface area (Å²) in [6, 6.07) is 11.5. The van der Waals surface area contributed by atoms with Crippen molar-refractivity contribution >= 4 is 38.8 Å². The highest BCUT2D eigenvalue weighted by Gasteiger charge is 2.54. The predicted molar refractivity (Wildman–Crippen MR) is 117 cm³/mol. The number of carbonyl (C=O) groups excluding carboxylic acids is 1. The number of ether oxygens (including phenoxy) is 1. The second-order valence-electron chi connectivity index (χ2n) is 7.76. The van der Waals surface area contributed by atoms with Gasteiger partial charge in [0.2, 0.25) is 0 Å². The third kappa shape index (κ3) is 3.32. The summed E-state index contributed by atoms with van der Waals surface area (Å²) in [5.41, 5.74) is 7.24. The largest absolute Gasteiger partial charge is 0.490 e. The van der Waals surface area contributed by atoms with Gasteiger partial charge in [-0.1, -0.05) is 33.8 Å². The first kappa shape index (κ1) is 18.9. The van der Waals surface area contributed by atoms with Gasteiger partial charge < -0.3 is 15.8 Å². The number of carbonyl (C=O) groups is 1. The minimum atomic E-state index is -0.412. The number of halogens is 1. The van der Waals surface area contributed by atoms with Crippen LogP contribution < -0.4 is 15.8 Å². The lowest BCUT2D eigenvalue weighted by Gasteiger charge is -2.48. The first-order valence-electron chi connectivity index (χ1n) is 9.72. The molecule has 1 aromatic heterocycles. The number of thioether (sulfide) groups is 1. The van der Waals surface area contributed by atoms with Crippen LogP contribution in [-0.4, -0.2) is 34.0 Å². The van der Waals surface area contributed by atoms with Gasteiger partial charge in [-0.15, -0.1) is 0 Å². The molecule has 1 saturated carbocycles. The van der Waals surface area contributed by atoms with Crippen molar-refractivity contribution in [2.45, 2.75) is 36.9 Å². The summed E-state index contributed by atoms with van der Waals surface area (Å²) in [6.45, 7) is 0. The van der Waals surface area contributed by atoms with Crippen LogP contribution in [0.3, 0.4) is 0 Å². The summed E-state index contributed by atoms with van der Waals surface area (Å²) < 4.78 is 7.38. The van der Waals surface area contributed by atoms with E-state index in [-0.39, 0.29) is 24.0 Å². The van der Waals surface area contributed by atoms with E-state index >= 15 is 0 Å². The number of aromatic nitrogens is 1. The standard InChI is InChI=1S/C21H21BrN4O2S/c22-12-4-6-17-14(9-12)21(11-29-20(23)26-21)15-10-13(5-7-18(15)28-17)25-19(27)16-3-1-2-8-24-16/h1-4,6,8-9,13,15,18H,5,7,10-11H2,(H2,23,26)(H,25,27)/t13?,15-,18-,21?/m0/s1. The Hall–Kier alpha value is -2.06. The van der Waals surface area contributed by atoms with Gasteiger partial charge in [-0.05, 0) is 49.6 Å². The fourth-order valence-electron chi connectivity index (χ4n) is 4.75. The number of fused-ring (bicyclic) bond motifs is 4. The summed E-state index contributed by atoms with van der Waals surface area (Å²) >= 11 is 5.19. The Labute approximate surface area is 181 Å². The van der Waals surface area contributed by atoms with Crippen LogP contribution in [0.4, 0.5) is 0 Å². The van der Waals surface area contributed by atoms with E-state index in [1.807, 2.05) is 18.2 Å². The van der Waals surface area contributed by atoms with Crippen LogP contribution in [0.25, 0.3) is 0 Å². The number of aliphatic imine (C=N–C) groups is 1. The lowest BCUT2D eigenvalue weighted by Crippen LogP contribution is -2.54. The van der Waals surface area contributed by atoms with Gasteiger partial charge in [-0.3, -0.25) is 9.78 Å². The molecule has 1 amide bonds. The minimum Gasteiger partial charge on any atom is -0.490 e. The first-order chi connectivity index (χ1) is 14.0. The van der Waals surface area contributed by atoms with E-state index in [1.54, 1.807) is 30.1 Å². The summed E-state index contributed by atoms with van der Waals surface area (Å²) in [6.07, 6.45) is 4.25. The van der Waals surface area contributed by atoms with E-state index in [4.69, 9.17) is 15.5 Å². The van der Waals surface area contributed by atoms with E-state index in [0.717, 1.165) is 40.8 Å². The number of amides is 1. The molecule has 1 fully saturated rings. The molecule has 4 atom stereocenters. The van der Waals surface area contributed by atoms with Crippen LogP contribution in [0.15, 0.2) is 52.1 Å². The Balaban J connectivity index is 1.45. The average Bonchev–Trinajstić information content (AvgIpc) is 3.12. The molecule has 1 spiro atoms. The maximum Gasteiger partial charge on any atom is 0.270 e. The average molecular weight is 473 g/mol. The van der Waals surface area contributed by atoms with Gasteiger partial charge in [-0.25, -0.2) is 4.99 Å². The maximum atomic E-state index is 12.6. The molecule has 1 aliphatic carbocycles. The number of hydrogen-bond acceptors (Lipinski definition) is 6. The molecule has 2 aromatic rings. The van der Waals surface area contributed by atoms with Gasteiger partial charge in [0, 0.05) is 33.9 Å². The van der Waals surface area contributed by atoms with Crippen LogP contribution in [-0.2, 0) is 5.54 Å². The van der Waals surface area contributed by atoms with Crippen LogP contribution >= 0.6 is 27.7 Å². The topological polar surface area (TPSA) is 89.6 Å². The molecule has 0 saturated heterocycles. The predicted octanol–water partition coefficient (Wildman–Crippen LogP) is 3.46. The molecule has 150 valence electrons. The Kier molecular flexibility index (Phi) is 4.78. The quantitative estimate of drug-likeness (QED) is 0.698. The number of rotatable bonds is 2. The van der Waals surface area contributed by atoms with Gasteiger partial charge in [0.25, 0.3) is 5.91 Å². The zero-order chi connectivity index (χ0) is 20.0. The molecule has 3 heterocycles. The van der Waals surface area contributed by atoms with Crippen molar-refractivity contribution in [1.29, 1.82) is 0 Å². The van der Waals surface area contributed by atoms with Crippen molar-refractivity contribution < 1.29 is 9.53 Å². The molecule has 8 heteroatoms. The van der Waals surface area contributed by atoms with Crippen molar-refractivity contribution in [3.05, 3.63) is 58.3 Å². The molecule has 5 rings (SSSR count). The normalized spacial score (nSPS) is 30.1. The number of amidine groups is 1. The zero-order valence-electron chi connectivity index (χ0n) is 15.7. The highest BCUT2D eigenvalue weighted by molar-refractivity contribution is 9.10. The number of hydrogen-bond donors (Lipinski definition) is 2. The lowest BCUT2D eigenvalue weighted by molar-refractivity contribution is 0.0155. The van der Waals surface area contributed by atoms with Gasteiger partial charge in [0.15, 0.2) is 5.17 Å². The smallest absolute Gasteiger partial charge is 0.270 e. The van der Waals surface area contributed by atoms with E-state index in [9.17, 15) is 4.79 Å². The van der Waals surface area contributed by atoms with Crippen LogP contribution in [0.2, 0.25) is 0 Å². The molecular weight excluding hydrogens is 452 g/mol. The first-order valence-corrected chi connectivity index (χ1v) is 11.5. The molecule has 3 N–H and O–H groups in total. The third-order valence-electron chi connectivity index (χ3n) is 6.07. The maximum absolute atomic E-state index is 12.6. The van der Waals surface area contributed by atoms with Gasteiger partial charge >= 0.3 is 0 Å². The van der Waals surface area contributed by atoms with E-state index in [2.05, 4.69) is 32.3 Å².